The molecule has 0 saturated heterocycles. The lowest BCUT2D eigenvalue weighted by Crippen LogP contribution is -2.45. The summed E-state index contributed by atoms with van der Waals surface area (Å²) >= 11 is 0. The van der Waals surface area contributed by atoms with E-state index >= 15 is 0 Å². The van der Waals surface area contributed by atoms with Crippen molar-refractivity contribution >= 4 is 11.9 Å². The summed E-state index contributed by atoms with van der Waals surface area (Å²) in [5, 5.41) is 8.77. The molecule has 0 bridgehead atoms. The van der Waals surface area contributed by atoms with Crippen molar-refractivity contribution < 1.29 is 14.7 Å². The molecule has 1 aromatic rings. The smallest absolute Gasteiger partial charge is 0.303 e. The Balaban J connectivity index is 2.30. The fraction of sp³-hybridized carbons (Fsp3) is 0.529. The van der Waals surface area contributed by atoms with E-state index in [0.717, 1.165) is 6.42 Å². The molecule has 2 rings (SSSR count). The molecule has 1 amide bonds. The number of aliphatic carboxylic acids is 1. The van der Waals surface area contributed by atoms with Crippen molar-refractivity contribution in [2.24, 2.45) is 5.41 Å². The highest BCUT2D eigenvalue weighted by Crippen LogP contribution is 2.42. The molecule has 1 aliphatic heterocycles. The van der Waals surface area contributed by atoms with Crippen LogP contribution in [0.3, 0.4) is 0 Å². The Morgan fingerprint density at radius 2 is 1.90 bits per heavy atom. The van der Waals surface area contributed by atoms with Gasteiger partial charge < -0.3 is 10.0 Å². The summed E-state index contributed by atoms with van der Waals surface area (Å²) in [6.45, 7) is 7.03. The number of amides is 1. The number of carboxylic acids is 1. The minimum Gasteiger partial charge on any atom is -0.481 e. The number of carbonyl (C=O) groups excluding carboxylic acids is 1. The second-order valence-corrected chi connectivity index (χ2v) is 6.70. The Labute approximate surface area is 125 Å². The maximum atomic E-state index is 12.4. The number of benzene rings is 1. The second-order valence-electron chi connectivity index (χ2n) is 6.70. The third-order valence-electron chi connectivity index (χ3n) is 3.98. The zero-order valence-electron chi connectivity index (χ0n) is 12.9. The van der Waals surface area contributed by atoms with Gasteiger partial charge in [-0.3, -0.25) is 9.59 Å². The molecule has 0 spiro atoms. The second kappa shape index (κ2) is 5.88. The first-order valence-electron chi connectivity index (χ1n) is 7.40. The monoisotopic (exact) mass is 289 g/mol. The number of hydrogen-bond donors (Lipinski definition) is 1. The molecule has 0 aromatic heterocycles. The molecule has 0 aliphatic carbocycles. The van der Waals surface area contributed by atoms with Gasteiger partial charge in [-0.2, -0.15) is 0 Å². The number of rotatable bonds is 3. The van der Waals surface area contributed by atoms with Gasteiger partial charge in [0.25, 0.3) is 0 Å². The van der Waals surface area contributed by atoms with Crippen LogP contribution in [0.2, 0.25) is 0 Å². The van der Waals surface area contributed by atoms with Gasteiger partial charge in [0, 0.05) is 13.0 Å². The molecule has 1 unspecified atom stereocenters. The number of carboxylic acid groups (broad SMARTS) is 1. The summed E-state index contributed by atoms with van der Waals surface area (Å²) in [5.41, 5.74) is 2.40. The largest absolute Gasteiger partial charge is 0.481 e. The van der Waals surface area contributed by atoms with Crippen LogP contribution in [0.4, 0.5) is 0 Å². The number of fused-ring (bicyclic) bond motifs is 1. The summed E-state index contributed by atoms with van der Waals surface area (Å²) in [6, 6.07) is 8.24. The molecule has 114 valence electrons. The Bertz CT molecular complexity index is 545. The molecule has 21 heavy (non-hydrogen) atoms. The Kier molecular flexibility index (Phi) is 4.35. The van der Waals surface area contributed by atoms with Crippen molar-refractivity contribution in [3.05, 3.63) is 35.4 Å². The number of nitrogens with zero attached hydrogens (tertiary/aromatic N) is 1. The van der Waals surface area contributed by atoms with E-state index in [-0.39, 0.29) is 30.2 Å². The average Bonchev–Trinajstić information content (AvgIpc) is 2.42. The van der Waals surface area contributed by atoms with Gasteiger partial charge >= 0.3 is 5.97 Å². The predicted octanol–water partition coefficient (Wildman–Crippen LogP) is 3.02. The normalized spacial score (nSPS) is 18.2. The van der Waals surface area contributed by atoms with Crippen molar-refractivity contribution in [2.75, 3.05) is 6.54 Å². The Morgan fingerprint density at radius 3 is 2.52 bits per heavy atom. The highest BCUT2D eigenvalue weighted by molar-refractivity contribution is 5.81. The van der Waals surface area contributed by atoms with Crippen LogP contribution >= 0.6 is 0 Å². The van der Waals surface area contributed by atoms with Gasteiger partial charge in [0.15, 0.2) is 0 Å². The molecule has 1 aliphatic rings. The zero-order valence-corrected chi connectivity index (χ0v) is 12.9. The van der Waals surface area contributed by atoms with Gasteiger partial charge in [-0.1, -0.05) is 45.0 Å². The number of hydrogen-bond acceptors (Lipinski definition) is 2. The van der Waals surface area contributed by atoms with Crippen LogP contribution in [0.15, 0.2) is 24.3 Å². The highest BCUT2D eigenvalue weighted by atomic mass is 16.4. The molecule has 0 radical (unpaired) electrons. The summed E-state index contributed by atoms with van der Waals surface area (Å²) in [7, 11) is 0. The summed E-state index contributed by atoms with van der Waals surface area (Å²) in [5.74, 6) is -0.986. The first-order chi connectivity index (χ1) is 9.80. The third-order valence-corrected chi connectivity index (χ3v) is 3.98. The van der Waals surface area contributed by atoms with Gasteiger partial charge in [-0.05, 0) is 23.0 Å². The highest BCUT2D eigenvalue weighted by Gasteiger charge is 2.38. The first kappa shape index (κ1) is 15.5. The topological polar surface area (TPSA) is 57.6 Å². The van der Waals surface area contributed by atoms with Crippen molar-refractivity contribution in [1.82, 2.24) is 4.90 Å². The summed E-state index contributed by atoms with van der Waals surface area (Å²) < 4.78 is 0. The fourth-order valence-electron chi connectivity index (χ4n) is 3.13. The van der Waals surface area contributed by atoms with Crippen molar-refractivity contribution in [3.8, 4) is 0 Å². The van der Waals surface area contributed by atoms with E-state index in [1.54, 1.807) is 0 Å². The van der Waals surface area contributed by atoms with E-state index in [9.17, 15) is 9.59 Å². The summed E-state index contributed by atoms with van der Waals surface area (Å²) in [4.78, 5) is 25.0. The summed E-state index contributed by atoms with van der Waals surface area (Å²) in [6.07, 6.45) is 0.805. The SMILES string of the molecule is CC(C)(C)C1c2ccccc2CCN1C(=O)CCC(=O)O. The van der Waals surface area contributed by atoms with E-state index in [1.807, 2.05) is 17.0 Å². The third kappa shape index (κ3) is 3.43. The lowest BCUT2D eigenvalue weighted by atomic mass is 9.77. The molecule has 0 fully saturated rings. The lowest BCUT2D eigenvalue weighted by Gasteiger charge is -2.44. The van der Waals surface area contributed by atoms with Crippen LogP contribution in [0.25, 0.3) is 0 Å². The molecule has 1 atom stereocenters. The van der Waals surface area contributed by atoms with Gasteiger partial charge in [-0.15, -0.1) is 0 Å². The fourth-order valence-corrected chi connectivity index (χ4v) is 3.13. The van der Waals surface area contributed by atoms with Crippen LogP contribution in [0.1, 0.15) is 50.8 Å². The van der Waals surface area contributed by atoms with Crippen molar-refractivity contribution in [3.63, 3.8) is 0 Å². The van der Waals surface area contributed by atoms with E-state index in [2.05, 4.69) is 32.9 Å². The van der Waals surface area contributed by atoms with E-state index in [0.29, 0.717) is 6.54 Å². The average molecular weight is 289 g/mol. The van der Waals surface area contributed by atoms with Crippen LogP contribution in [0, 0.1) is 5.41 Å². The molecule has 1 aromatic carbocycles. The van der Waals surface area contributed by atoms with E-state index < -0.39 is 5.97 Å². The molecule has 4 nitrogen and oxygen atoms in total. The minimum absolute atomic E-state index is 0.00347. The van der Waals surface area contributed by atoms with Gasteiger partial charge in [0.05, 0.1) is 12.5 Å². The standard InChI is InChI=1S/C17H23NO3/c1-17(2,3)16-13-7-5-4-6-12(13)10-11-18(16)14(19)8-9-15(20)21/h4-7,16H,8-11H2,1-3H3,(H,20,21). The molecule has 1 N–H and O–H groups in total. The maximum absolute atomic E-state index is 12.4. The van der Waals surface area contributed by atoms with Gasteiger partial charge in [-0.25, -0.2) is 0 Å². The van der Waals surface area contributed by atoms with Crippen LogP contribution in [-0.4, -0.2) is 28.4 Å². The number of carbonyl (C=O) groups is 2. The van der Waals surface area contributed by atoms with E-state index in [4.69, 9.17) is 5.11 Å². The maximum Gasteiger partial charge on any atom is 0.303 e. The van der Waals surface area contributed by atoms with Crippen LogP contribution < -0.4 is 0 Å². The lowest BCUT2D eigenvalue weighted by molar-refractivity contribution is -0.143. The quantitative estimate of drug-likeness (QED) is 0.930. The van der Waals surface area contributed by atoms with E-state index in [1.165, 1.54) is 11.1 Å². The molecular formula is C17H23NO3. The van der Waals surface area contributed by atoms with Gasteiger partial charge in [0.2, 0.25) is 5.91 Å². The Morgan fingerprint density at radius 1 is 1.24 bits per heavy atom. The molecule has 0 saturated carbocycles. The van der Waals surface area contributed by atoms with Crippen molar-refractivity contribution in [1.29, 1.82) is 0 Å². The van der Waals surface area contributed by atoms with Gasteiger partial charge in [0.1, 0.15) is 0 Å². The molecule has 4 heteroatoms. The predicted molar refractivity (Wildman–Crippen MR) is 80.9 cm³/mol. The van der Waals surface area contributed by atoms with Crippen molar-refractivity contribution in [2.45, 2.75) is 46.1 Å². The molecule has 1 heterocycles. The first-order valence-corrected chi connectivity index (χ1v) is 7.40. The van der Waals surface area contributed by atoms with Crippen LogP contribution in [-0.2, 0) is 16.0 Å². The minimum atomic E-state index is -0.923. The van der Waals surface area contributed by atoms with Crippen LogP contribution in [0.5, 0.6) is 0 Å². The zero-order chi connectivity index (χ0) is 15.6. The Hall–Kier alpha value is -1.84. The molecular weight excluding hydrogens is 266 g/mol.